The smallest absolute Gasteiger partial charge is 0.368 e. The number of ether oxygens (including phenoxy) is 1. The van der Waals surface area contributed by atoms with E-state index >= 15 is 4.39 Å². The summed E-state index contributed by atoms with van der Waals surface area (Å²) in [5.74, 6) is -1.37. The summed E-state index contributed by atoms with van der Waals surface area (Å²) in [5, 5.41) is 22.6. The van der Waals surface area contributed by atoms with Crippen LogP contribution in [0.4, 0.5) is 26.2 Å². The van der Waals surface area contributed by atoms with E-state index in [-0.39, 0.29) is 53.7 Å². The SMILES string of the molecule is Cn1nnn(-c2cc(Nc3ncc(F)c(N[C@@H]4CC5CCCN5C(C)(C)C4)n3)c(F)cc2OCCO)c1=O. The van der Waals surface area contributed by atoms with Gasteiger partial charge >= 0.3 is 5.69 Å². The molecule has 38 heavy (non-hydrogen) atoms. The number of hydrogen-bond donors (Lipinski definition) is 3. The Morgan fingerprint density at radius 2 is 2.05 bits per heavy atom. The Morgan fingerprint density at radius 1 is 1.24 bits per heavy atom. The highest BCUT2D eigenvalue weighted by atomic mass is 19.1. The summed E-state index contributed by atoms with van der Waals surface area (Å²) in [6.45, 7) is 5.06. The van der Waals surface area contributed by atoms with Gasteiger partial charge in [0.2, 0.25) is 5.95 Å². The van der Waals surface area contributed by atoms with E-state index in [1.807, 2.05) is 0 Å². The van der Waals surface area contributed by atoms with Gasteiger partial charge in [0.1, 0.15) is 18.0 Å². The highest BCUT2D eigenvalue weighted by Crippen LogP contribution is 2.38. The monoisotopic (exact) mass is 531 g/mol. The number of aliphatic hydroxyl groups excluding tert-OH is 1. The maximum Gasteiger partial charge on any atom is 0.368 e. The van der Waals surface area contributed by atoms with Crippen LogP contribution in [-0.4, -0.2) is 77.1 Å². The molecule has 0 spiro atoms. The first-order valence-corrected chi connectivity index (χ1v) is 12.6. The second-order valence-electron chi connectivity index (χ2n) is 10.3. The summed E-state index contributed by atoms with van der Waals surface area (Å²) in [4.78, 5) is 23.2. The van der Waals surface area contributed by atoms with Crippen molar-refractivity contribution in [3.8, 4) is 11.4 Å². The van der Waals surface area contributed by atoms with Crippen molar-refractivity contribution in [3.63, 3.8) is 0 Å². The number of aliphatic hydroxyl groups is 1. The lowest BCUT2D eigenvalue weighted by Gasteiger charge is -2.47. The molecule has 14 heteroatoms. The van der Waals surface area contributed by atoms with Crippen LogP contribution in [0.15, 0.2) is 23.1 Å². The van der Waals surface area contributed by atoms with E-state index in [2.05, 4.69) is 49.8 Å². The summed E-state index contributed by atoms with van der Waals surface area (Å²) in [7, 11) is 1.42. The first-order valence-electron chi connectivity index (χ1n) is 12.6. The van der Waals surface area contributed by atoms with Crippen LogP contribution < -0.4 is 21.1 Å². The molecule has 2 saturated heterocycles. The maximum atomic E-state index is 15.0. The van der Waals surface area contributed by atoms with Gasteiger partial charge in [-0.3, -0.25) is 4.90 Å². The molecule has 12 nitrogen and oxygen atoms in total. The molecular weight excluding hydrogens is 500 g/mol. The van der Waals surface area contributed by atoms with Crippen LogP contribution in [0.5, 0.6) is 5.75 Å². The van der Waals surface area contributed by atoms with Crippen LogP contribution in [0.3, 0.4) is 0 Å². The van der Waals surface area contributed by atoms with Crippen LogP contribution in [0.25, 0.3) is 5.69 Å². The number of benzene rings is 1. The number of nitrogens with zero attached hydrogens (tertiary/aromatic N) is 7. The van der Waals surface area contributed by atoms with Crippen molar-refractivity contribution in [1.82, 2.24) is 34.7 Å². The number of aryl methyl sites for hydroxylation is 1. The number of aromatic nitrogens is 6. The molecule has 0 bridgehead atoms. The van der Waals surface area contributed by atoms with E-state index in [1.54, 1.807) is 0 Å². The van der Waals surface area contributed by atoms with Crippen molar-refractivity contribution in [1.29, 1.82) is 0 Å². The van der Waals surface area contributed by atoms with E-state index in [9.17, 15) is 9.18 Å². The molecular formula is C24H31F2N9O3. The largest absolute Gasteiger partial charge is 0.489 e. The Bertz CT molecular complexity index is 1380. The molecule has 2 aliphatic heterocycles. The fourth-order valence-electron chi connectivity index (χ4n) is 5.50. The molecule has 0 aliphatic carbocycles. The standard InChI is InChI=1S/C24H31F2N9O3/c1-24(2)12-14(9-15-5-4-6-34(15)24)28-21-17(26)13-27-22(30-21)29-18-11-19(35-23(37)33(3)31-32-35)20(10-16(18)25)38-8-7-36/h10-11,13-15,36H,4-9,12H2,1-3H3,(H2,27,28,29,30)/t14-,15?/m1/s1. The molecule has 1 unspecified atom stereocenters. The van der Waals surface area contributed by atoms with Crippen molar-refractivity contribution in [2.75, 3.05) is 30.4 Å². The van der Waals surface area contributed by atoms with Gasteiger partial charge < -0.3 is 20.5 Å². The van der Waals surface area contributed by atoms with Crippen molar-refractivity contribution >= 4 is 17.5 Å². The van der Waals surface area contributed by atoms with E-state index < -0.39 is 17.3 Å². The zero-order valence-corrected chi connectivity index (χ0v) is 21.5. The number of anilines is 3. The fourth-order valence-corrected chi connectivity index (χ4v) is 5.50. The lowest BCUT2D eigenvalue weighted by Crippen LogP contribution is -2.55. The first-order chi connectivity index (χ1) is 18.2. The minimum Gasteiger partial charge on any atom is -0.489 e. The van der Waals surface area contributed by atoms with Crippen LogP contribution in [0, 0.1) is 11.6 Å². The Morgan fingerprint density at radius 3 is 2.79 bits per heavy atom. The predicted octanol–water partition coefficient (Wildman–Crippen LogP) is 1.97. The Balaban J connectivity index is 1.41. The third-order valence-electron chi connectivity index (χ3n) is 7.14. The highest BCUT2D eigenvalue weighted by Gasteiger charge is 2.43. The zero-order valence-electron chi connectivity index (χ0n) is 21.5. The van der Waals surface area contributed by atoms with E-state index in [1.165, 1.54) is 13.1 Å². The Kier molecular flexibility index (Phi) is 7.01. The summed E-state index contributed by atoms with van der Waals surface area (Å²) >= 11 is 0. The first kappa shape index (κ1) is 26.0. The van der Waals surface area contributed by atoms with Crippen LogP contribution >= 0.6 is 0 Å². The van der Waals surface area contributed by atoms with Gasteiger partial charge in [0.05, 0.1) is 18.5 Å². The Labute approximate surface area is 217 Å². The molecule has 0 amide bonds. The van der Waals surface area contributed by atoms with Crippen molar-refractivity contribution < 1.29 is 18.6 Å². The average molecular weight is 532 g/mol. The summed E-state index contributed by atoms with van der Waals surface area (Å²) < 4.78 is 37.1. The topological polar surface area (TPSA) is 135 Å². The number of fused-ring (bicyclic) bond motifs is 1. The number of tetrazole rings is 1. The van der Waals surface area contributed by atoms with Crippen LogP contribution in [-0.2, 0) is 7.05 Å². The predicted molar refractivity (Wildman–Crippen MR) is 135 cm³/mol. The number of nitrogens with one attached hydrogen (secondary N) is 2. The average Bonchev–Trinajstić information content (AvgIpc) is 3.48. The third kappa shape index (κ3) is 5.05. The third-order valence-corrected chi connectivity index (χ3v) is 7.14. The second-order valence-corrected chi connectivity index (χ2v) is 10.3. The molecule has 204 valence electrons. The van der Waals surface area contributed by atoms with Gasteiger partial charge in [-0.25, -0.2) is 18.6 Å². The van der Waals surface area contributed by atoms with Gasteiger partial charge in [-0.15, -0.1) is 0 Å². The van der Waals surface area contributed by atoms with E-state index in [0.717, 1.165) is 53.9 Å². The van der Waals surface area contributed by atoms with Crippen LogP contribution in [0.2, 0.25) is 0 Å². The second kappa shape index (κ2) is 10.3. The van der Waals surface area contributed by atoms with Gasteiger partial charge in [-0.2, -0.15) is 14.3 Å². The van der Waals surface area contributed by atoms with Gasteiger partial charge in [-0.1, -0.05) is 0 Å². The van der Waals surface area contributed by atoms with Gasteiger partial charge in [0.25, 0.3) is 0 Å². The number of rotatable bonds is 8. The van der Waals surface area contributed by atoms with Crippen molar-refractivity contribution in [2.45, 2.75) is 57.2 Å². The fraction of sp³-hybridized carbons (Fsp3) is 0.542. The number of halogens is 2. The minimum atomic E-state index is -0.739. The molecule has 2 fully saturated rings. The highest BCUT2D eigenvalue weighted by molar-refractivity contribution is 5.63. The lowest BCUT2D eigenvalue weighted by molar-refractivity contribution is 0.0500. The zero-order chi connectivity index (χ0) is 27.0. The molecule has 1 aromatic carbocycles. The number of piperidine rings is 1. The van der Waals surface area contributed by atoms with Gasteiger partial charge in [0, 0.05) is 30.7 Å². The summed E-state index contributed by atoms with van der Waals surface area (Å²) in [5.41, 5.74) is -0.602. The normalized spacial score (nSPS) is 20.8. The van der Waals surface area contributed by atoms with Crippen molar-refractivity contribution in [3.05, 3.63) is 40.4 Å². The molecule has 2 aliphatic rings. The molecule has 5 rings (SSSR count). The van der Waals surface area contributed by atoms with Gasteiger partial charge in [0.15, 0.2) is 17.5 Å². The maximum absolute atomic E-state index is 15.0. The molecule has 2 aromatic heterocycles. The molecule has 0 radical (unpaired) electrons. The van der Waals surface area contributed by atoms with E-state index in [4.69, 9.17) is 9.84 Å². The molecule has 3 aromatic rings. The number of hydrogen-bond acceptors (Lipinski definition) is 10. The molecule has 0 saturated carbocycles. The Hall–Kier alpha value is -3.65. The summed E-state index contributed by atoms with van der Waals surface area (Å²) in [6, 6.07) is 2.81. The quantitative estimate of drug-likeness (QED) is 0.396. The summed E-state index contributed by atoms with van der Waals surface area (Å²) in [6.07, 6.45) is 5.02. The van der Waals surface area contributed by atoms with Gasteiger partial charge in [-0.05, 0) is 62.6 Å². The van der Waals surface area contributed by atoms with Crippen LogP contribution in [0.1, 0.15) is 39.5 Å². The van der Waals surface area contributed by atoms with Crippen molar-refractivity contribution in [2.24, 2.45) is 7.05 Å². The molecule has 3 N–H and O–H groups in total. The van der Waals surface area contributed by atoms with E-state index in [0.29, 0.717) is 6.04 Å². The molecule has 2 atom stereocenters. The lowest BCUT2D eigenvalue weighted by atomic mass is 9.84. The minimum absolute atomic E-state index is 0.0144. The molecule has 4 heterocycles.